The Labute approximate surface area is 187 Å². The molecule has 0 radical (unpaired) electrons. The van der Waals surface area contributed by atoms with Crippen molar-refractivity contribution in [3.05, 3.63) is 83.6 Å². The van der Waals surface area contributed by atoms with Crippen molar-refractivity contribution in [2.75, 3.05) is 6.61 Å². The fourth-order valence-electron chi connectivity index (χ4n) is 3.38. The molecule has 6 nitrogen and oxygen atoms in total. The van der Waals surface area contributed by atoms with Gasteiger partial charge >= 0.3 is 0 Å². The van der Waals surface area contributed by atoms with Crippen molar-refractivity contribution in [2.24, 2.45) is 0 Å². The van der Waals surface area contributed by atoms with E-state index in [0.717, 1.165) is 16.8 Å². The van der Waals surface area contributed by atoms with Gasteiger partial charge in [-0.15, -0.1) is 0 Å². The average Bonchev–Trinajstić information content (AvgIpc) is 3.15. The highest BCUT2D eigenvalue weighted by Gasteiger charge is 2.19. The summed E-state index contributed by atoms with van der Waals surface area (Å²) in [7, 11) is 0. The number of aromatic nitrogens is 2. The molecule has 0 aliphatic carbocycles. The molecule has 4 aromatic rings. The van der Waals surface area contributed by atoms with Crippen molar-refractivity contribution in [2.45, 2.75) is 27.4 Å². The lowest BCUT2D eigenvalue weighted by Crippen LogP contribution is -1.98. The number of benzene rings is 3. The van der Waals surface area contributed by atoms with E-state index in [-0.39, 0.29) is 5.75 Å². The molecule has 0 amide bonds. The zero-order valence-electron chi connectivity index (χ0n) is 18.4. The number of ether oxygens (including phenoxy) is 3. The van der Waals surface area contributed by atoms with E-state index in [9.17, 15) is 5.11 Å². The summed E-state index contributed by atoms with van der Waals surface area (Å²) < 4.78 is 17.7. The maximum Gasteiger partial charge on any atom is 0.176 e. The smallest absolute Gasteiger partial charge is 0.176 e. The van der Waals surface area contributed by atoms with Crippen LogP contribution in [-0.4, -0.2) is 21.9 Å². The van der Waals surface area contributed by atoms with E-state index in [1.54, 1.807) is 12.1 Å². The molecular weight excluding hydrogens is 404 g/mol. The van der Waals surface area contributed by atoms with Gasteiger partial charge in [0.25, 0.3) is 0 Å². The highest BCUT2D eigenvalue weighted by atomic mass is 16.5. The quantitative estimate of drug-likeness (QED) is 0.350. The number of aryl methyl sites for hydroxylation is 2. The third kappa shape index (κ3) is 4.54. The van der Waals surface area contributed by atoms with Crippen LogP contribution in [0, 0.1) is 13.8 Å². The Morgan fingerprint density at radius 1 is 0.906 bits per heavy atom. The lowest BCUT2D eigenvalue weighted by atomic mass is 10.1. The van der Waals surface area contributed by atoms with E-state index in [0.29, 0.717) is 47.5 Å². The molecule has 0 unspecified atom stereocenters. The Hall–Kier alpha value is -3.93. The fourth-order valence-corrected chi connectivity index (χ4v) is 3.38. The summed E-state index contributed by atoms with van der Waals surface area (Å²) in [6, 6.07) is 20.7. The van der Waals surface area contributed by atoms with Gasteiger partial charge in [-0.2, -0.15) is 5.10 Å². The van der Waals surface area contributed by atoms with Crippen molar-refractivity contribution < 1.29 is 19.3 Å². The number of phenols is 1. The number of para-hydroxylation sites is 2. The SMILES string of the molecule is CCOc1ccccc1Oc1c(-c2ccc(OCc3ccccc3C)cc2O)n[nH]c1C. The molecule has 0 aliphatic heterocycles. The van der Waals surface area contributed by atoms with Gasteiger partial charge in [-0.3, -0.25) is 5.10 Å². The average molecular weight is 431 g/mol. The van der Waals surface area contributed by atoms with Gasteiger partial charge in [0, 0.05) is 11.6 Å². The monoisotopic (exact) mass is 430 g/mol. The minimum absolute atomic E-state index is 0.0572. The zero-order valence-corrected chi connectivity index (χ0v) is 18.4. The van der Waals surface area contributed by atoms with Gasteiger partial charge in [0.1, 0.15) is 23.8 Å². The van der Waals surface area contributed by atoms with Gasteiger partial charge in [-0.25, -0.2) is 0 Å². The van der Waals surface area contributed by atoms with Crippen LogP contribution in [0.5, 0.6) is 28.7 Å². The number of hydrogen-bond acceptors (Lipinski definition) is 5. The molecule has 2 N–H and O–H groups in total. The van der Waals surface area contributed by atoms with Crippen LogP contribution in [0.15, 0.2) is 66.7 Å². The standard InChI is InChI=1S/C26H26N2O4/c1-4-30-23-11-7-8-12-24(23)32-26-18(3)27-28-25(26)21-14-13-20(15-22(21)29)31-16-19-10-6-5-9-17(19)2/h5-15,29H,4,16H2,1-3H3,(H,27,28). The van der Waals surface area contributed by atoms with E-state index < -0.39 is 0 Å². The summed E-state index contributed by atoms with van der Waals surface area (Å²) in [5, 5.41) is 18.0. The van der Waals surface area contributed by atoms with Gasteiger partial charge in [-0.05, 0) is 56.2 Å². The second kappa shape index (κ2) is 9.47. The number of aromatic amines is 1. The Morgan fingerprint density at radius 3 is 2.41 bits per heavy atom. The summed E-state index contributed by atoms with van der Waals surface area (Å²) in [5.41, 5.74) is 4.06. The van der Waals surface area contributed by atoms with E-state index in [1.165, 1.54) is 0 Å². The summed E-state index contributed by atoms with van der Waals surface area (Å²) in [4.78, 5) is 0. The highest BCUT2D eigenvalue weighted by Crippen LogP contribution is 2.41. The summed E-state index contributed by atoms with van der Waals surface area (Å²) in [6.45, 7) is 6.79. The fraction of sp³-hybridized carbons (Fsp3) is 0.192. The number of rotatable bonds is 8. The van der Waals surface area contributed by atoms with Crippen LogP contribution in [0.4, 0.5) is 0 Å². The molecule has 0 fully saturated rings. The van der Waals surface area contributed by atoms with E-state index in [1.807, 2.05) is 75.4 Å². The Bertz CT molecular complexity index is 1220. The molecule has 0 bridgehead atoms. The summed E-state index contributed by atoms with van der Waals surface area (Å²) >= 11 is 0. The van der Waals surface area contributed by atoms with Crippen molar-refractivity contribution in [3.63, 3.8) is 0 Å². The first-order valence-electron chi connectivity index (χ1n) is 10.5. The molecule has 0 atom stereocenters. The molecule has 4 rings (SSSR count). The van der Waals surface area contributed by atoms with Crippen LogP contribution < -0.4 is 14.2 Å². The molecule has 0 saturated carbocycles. The largest absolute Gasteiger partial charge is 0.507 e. The molecule has 164 valence electrons. The normalized spacial score (nSPS) is 10.7. The van der Waals surface area contributed by atoms with Crippen molar-refractivity contribution in [1.82, 2.24) is 10.2 Å². The molecular formula is C26H26N2O4. The second-order valence-corrected chi connectivity index (χ2v) is 7.40. The maximum absolute atomic E-state index is 10.7. The molecule has 0 aliphatic rings. The molecule has 32 heavy (non-hydrogen) atoms. The van der Waals surface area contributed by atoms with Gasteiger partial charge in [0.05, 0.1) is 12.3 Å². The minimum Gasteiger partial charge on any atom is -0.507 e. The molecule has 3 aromatic carbocycles. The van der Waals surface area contributed by atoms with Crippen LogP contribution in [0.3, 0.4) is 0 Å². The van der Waals surface area contributed by atoms with Gasteiger partial charge in [0.2, 0.25) is 0 Å². The first-order chi connectivity index (χ1) is 15.6. The van der Waals surface area contributed by atoms with Crippen LogP contribution in [0.1, 0.15) is 23.7 Å². The van der Waals surface area contributed by atoms with Crippen LogP contribution in [0.2, 0.25) is 0 Å². The second-order valence-electron chi connectivity index (χ2n) is 7.40. The van der Waals surface area contributed by atoms with Crippen LogP contribution >= 0.6 is 0 Å². The lowest BCUT2D eigenvalue weighted by Gasteiger charge is -2.13. The van der Waals surface area contributed by atoms with Gasteiger partial charge in [0.15, 0.2) is 17.2 Å². The Morgan fingerprint density at radius 2 is 1.66 bits per heavy atom. The van der Waals surface area contributed by atoms with Gasteiger partial charge < -0.3 is 19.3 Å². The number of H-pyrrole nitrogens is 1. The van der Waals surface area contributed by atoms with E-state index in [2.05, 4.69) is 10.2 Å². The summed E-state index contributed by atoms with van der Waals surface area (Å²) in [6.07, 6.45) is 0. The molecule has 6 heteroatoms. The first kappa shape index (κ1) is 21.3. The number of aromatic hydroxyl groups is 1. The van der Waals surface area contributed by atoms with Gasteiger partial charge in [-0.1, -0.05) is 36.4 Å². The Kier molecular flexibility index (Phi) is 6.31. The molecule has 0 saturated heterocycles. The third-order valence-electron chi connectivity index (χ3n) is 5.13. The highest BCUT2D eigenvalue weighted by molar-refractivity contribution is 5.74. The first-order valence-corrected chi connectivity index (χ1v) is 10.5. The van der Waals surface area contributed by atoms with Crippen molar-refractivity contribution in [1.29, 1.82) is 0 Å². The predicted octanol–water partition coefficient (Wildman–Crippen LogP) is 6.17. The van der Waals surface area contributed by atoms with Crippen LogP contribution in [-0.2, 0) is 6.61 Å². The topological polar surface area (TPSA) is 76.6 Å². The van der Waals surface area contributed by atoms with E-state index >= 15 is 0 Å². The van der Waals surface area contributed by atoms with Crippen molar-refractivity contribution >= 4 is 0 Å². The number of hydrogen-bond donors (Lipinski definition) is 2. The minimum atomic E-state index is 0.0572. The molecule has 1 aromatic heterocycles. The Balaban J connectivity index is 1.58. The molecule has 0 spiro atoms. The number of phenolic OH excluding ortho intramolecular Hbond substituents is 1. The molecule has 1 heterocycles. The maximum atomic E-state index is 10.7. The van der Waals surface area contributed by atoms with Crippen molar-refractivity contribution in [3.8, 4) is 40.0 Å². The number of nitrogens with zero attached hydrogens (tertiary/aromatic N) is 1. The lowest BCUT2D eigenvalue weighted by molar-refractivity contribution is 0.303. The van der Waals surface area contributed by atoms with Crippen LogP contribution in [0.25, 0.3) is 11.3 Å². The predicted molar refractivity (Wildman–Crippen MR) is 124 cm³/mol. The number of nitrogens with one attached hydrogen (secondary N) is 1. The van der Waals surface area contributed by atoms with E-state index in [4.69, 9.17) is 14.2 Å². The zero-order chi connectivity index (χ0) is 22.5. The third-order valence-corrected chi connectivity index (χ3v) is 5.13. The summed E-state index contributed by atoms with van der Waals surface area (Å²) in [5.74, 6) is 2.39.